The van der Waals surface area contributed by atoms with Crippen molar-refractivity contribution in [3.05, 3.63) is 65.0 Å². The second-order valence-electron chi connectivity index (χ2n) is 7.31. The molecule has 0 atom stereocenters. The van der Waals surface area contributed by atoms with Gasteiger partial charge in [0.15, 0.2) is 0 Å². The highest BCUT2D eigenvalue weighted by atomic mass is 19.1. The molecule has 0 unspecified atom stereocenters. The van der Waals surface area contributed by atoms with Crippen LogP contribution in [0.15, 0.2) is 42.5 Å². The van der Waals surface area contributed by atoms with Crippen LogP contribution in [0.5, 0.6) is 5.75 Å². The zero-order valence-corrected chi connectivity index (χ0v) is 16.2. The highest BCUT2D eigenvalue weighted by molar-refractivity contribution is 5.97. The summed E-state index contributed by atoms with van der Waals surface area (Å²) in [6.07, 6.45) is 0. The van der Waals surface area contributed by atoms with Gasteiger partial charge < -0.3 is 9.64 Å². The normalized spacial score (nSPS) is 15.2. The van der Waals surface area contributed by atoms with Gasteiger partial charge in [0.25, 0.3) is 5.91 Å². The molecule has 1 saturated heterocycles. The van der Waals surface area contributed by atoms with Crippen molar-refractivity contribution in [1.82, 2.24) is 9.80 Å². The molecule has 2 aromatic rings. The number of carbonyl (C=O) groups is 1. The third-order valence-electron chi connectivity index (χ3n) is 5.10. The Balaban J connectivity index is 1.58. The number of halogens is 1. The molecule has 1 heterocycles. The Hall–Kier alpha value is -2.40. The molecular formula is C22H27FN2O2. The topological polar surface area (TPSA) is 32.8 Å². The van der Waals surface area contributed by atoms with Crippen LogP contribution < -0.4 is 4.74 Å². The van der Waals surface area contributed by atoms with E-state index in [4.69, 9.17) is 4.74 Å². The number of piperazine rings is 1. The maximum Gasteiger partial charge on any atom is 0.257 e. The predicted octanol–water partition coefficient (Wildman–Crippen LogP) is 3.92. The Labute approximate surface area is 160 Å². The number of carbonyl (C=O) groups excluding carboxylic acids is 1. The van der Waals surface area contributed by atoms with Crippen molar-refractivity contribution < 1.29 is 13.9 Å². The first-order valence-corrected chi connectivity index (χ1v) is 9.42. The van der Waals surface area contributed by atoms with Crippen LogP contribution in [0.2, 0.25) is 0 Å². The first-order chi connectivity index (χ1) is 13.0. The van der Waals surface area contributed by atoms with E-state index in [0.717, 1.165) is 19.6 Å². The second-order valence-corrected chi connectivity index (χ2v) is 7.31. The van der Waals surface area contributed by atoms with Gasteiger partial charge in [0.2, 0.25) is 0 Å². The zero-order chi connectivity index (χ0) is 19.4. The third kappa shape index (κ3) is 4.66. The van der Waals surface area contributed by atoms with Gasteiger partial charge in [0.05, 0.1) is 12.7 Å². The summed E-state index contributed by atoms with van der Waals surface area (Å²) < 4.78 is 18.8. The summed E-state index contributed by atoms with van der Waals surface area (Å²) in [5.41, 5.74) is 2.92. The van der Waals surface area contributed by atoms with Gasteiger partial charge in [-0.05, 0) is 35.2 Å². The molecule has 1 amide bonds. The summed E-state index contributed by atoms with van der Waals surface area (Å²) in [5.74, 6) is 0.345. The molecule has 1 aliphatic heterocycles. The highest BCUT2D eigenvalue weighted by Crippen LogP contribution is 2.22. The summed E-state index contributed by atoms with van der Waals surface area (Å²) in [6, 6.07) is 12.8. The minimum Gasteiger partial charge on any atom is -0.496 e. The molecule has 2 aromatic carbocycles. The molecule has 5 heteroatoms. The number of hydrogen-bond donors (Lipinski definition) is 0. The van der Waals surface area contributed by atoms with E-state index >= 15 is 0 Å². The van der Waals surface area contributed by atoms with Crippen molar-refractivity contribution in [2.24, 2.45) is 0 Å². The standard InChI is InChI=1S/C22H27FN2O2/c1-16(2)18-6-4-17(5-7-18)15-24-10-12-25(13-11-24)22(26)20-14-19(23)8-9-21(20)27-3/h4-9,14,16H,10-13,15H2,1-3H3. The van der Waals surface area contributed by atoms with E-state index in [1.54, 1.807) is 4.90 Å². The first kappa shape index (κ1) is 19.4. The van der Waals surface area contributed by atoms with Crippen molar-refractivity contribution in [1.29, 1.82) is 0 Å². The molecule has 0 N–H and O–H groups in total. The molecular weight excluding hydrogens is 343 g/mol. The van der Waals surface area contributed by atoms with Crippen molar-refractivity contribution in [2.45, 2.75) is 26.3 Å². The average molecular weight is 370 g/mol. The van der Waals surface area contributed by atoms with E-state index in [2.05, 4.69) is 43.0 Å². The Morgan fingerprint density at radius 1 is 1.07 bits per heavy atom. The molecule has 1 fully saturated rings. The molecule has 144 valence electrons. The van der Waals surface area contributed by atoms with Gasteiger partial charge in [-0.2, -0.15) is 0 Å². The maximum atomic E-state index is 13.6. The third-order valence-corrected chi connectivity index (χ3v) is 5.10. The zero-order valence-electron chi connectivity index (χ0n) is 16.2. The van der Waals surface area contributed by atoms with Gasteiger partial charge in [-0.25, -0.2) is 4.39 Å². The van der Waals surface area contributed by atoms with E-state index in [1.165, 1.54) is 36.4 Å². The summed E-state index contributed by atoms with van der Waals surface area (Å²) in [5, 5.41) is 0. The van der Waals surface area contributed by atoms with Crippen molar-refractivity contribution in [3.63, 3.8) is 0 Å². The quantitative estimate of drug-likeness (QED) is 0.800. The van der Waals surface area contributed by atoms with Crippen LogP contribution in [-0.2, 0) is 6.54 Å². The molecule has 0 radical (unpaired) electrons. The van der Waals surface area contributed by atoms with Crippen LogP contribution >= 0.6 is 0 Å². The van der Waals surface area contributed by atoms with E-state index in [0.29, 0.717) is 24.8 Å². The number of hydrogen-bond acceptors (Lipinski definition) is 3. The molecule has 1 aliphatic rings. The summed E-state index contributed by atoms with van der Waals surface area (Å²) >= 11 is 0. The fourth-order valence-electron chi connectivity index (χ4n) is 3.39. The Morgan fingerprint density at radius 2 is 1.74 bits per heavy atom. The van der Waals surface area contributed by atoms with Crippen LogP contribution in [-0.4, -0.2) is 49.0 Å². The smallest absolute Gasteiger partial charge is 0.257 e. The molecule has 0 saturated carbocycles. The predicted molar refractivity (Wildman–Crippen MR) is 105 cm³/mol. The van der Waals surface area contributed by atoms with Crippen molar-refractivity contribution in [2.75, 3.05) is 33.3 Å². The maximum absolute atomic E-state index is 13.6. The van der Waals surface area contributed by atoms with E-state index in [1.807, 2.05) is 0 Å². The lowest BCUT2D eigenvalue weighted by atomic mass is 10.0. The van der Waals surface area contributed by atoms with Crippen LogP contribution in [0.3, 0.4) is 0 Å². The van der Waals surface area contributed by atoms with Gasteiger partial charge in [-0.1, -0.05) is 38.1 Å². The number of methoxy groups -OCH3 is 1. The van der Waals surface area contributed by atoms with Gasteiger partial charge in [0, 0.05) is 32.7 Å². The Kier molecular flexibility index (Phi) is 6.11. The number of benzene rings is 2. The molecule has 0 aromatic heterocycles. The molecule has 27 heavy (non-hydrogen) atoms. The van der Waals surface area contributed by atoms with Crippen molar-refractivity contribution in [3.8, 4) is 5.75 Å². The lowest BCUT2D eigenvalue weighted by Crippen LogP contribution is -2.48. The van der Waals surface area contributed by atoms with E-state index in [-0.39, 0.29) is 11.5 Å². The Bertz CT molecular complexity index is 781. The fourth-order valence-corrected chi connectivity index (χ4v) is 3.39. The lowest BCUT2D eigenvalue weighted by Gasteiger charge is -2.35. The van der Waals surface area contributed by atoms with Crippen molar-refractivity contribution >= 4 is 5.91 Å². The van der Waals surface area contributed by atoms with E-state index < -0.39 is 5.82 Å². The number of ether oxygens (including phenoxy) is 1. The van der Waals surface area contributed by atoms with Crippen LogP contribution in [0.1, 0.15) is 41.3 Å². The summed E-state index contributed by atoms with van der Waals surface area (Å²) in [4.78, 5) is 16.9. The van der Waals surface area contributed by atoms with Gasteiger partial charge in [0.1, 0.15) is 11.6 Å². The van der Waals surface area contributed by atoms with Gasteiger partial charge in [-0.3, -0.25) is 9.69 Å². The molecule has 4 nitrogen and oxygen atoms in total. The molecule has 0 aliphatic carbocycles. The van der Waals surface area contributed by atoms with Crippen LogP contribution in [0.4, 0.5) is 4.39 Å². The van der Waals surface area contributed by atoms with Gasteiger partial charge >= 0.3 is 0 Å². The second kappa shape index (κ2) is 8.53. The lowest BCUT2D eigenvalue weighted by molar-refractivity contribution is 0.0625. The van der Waals surface area contributed by atoms with Crippen LogP contribution in [0, 0.1) is 5.82 Å². The number of rotatable bonds is 5. The monoisotopic (exact) mass is 370 g/mol. The first-order valence-electron chi connectivity index (χ1n) is 9.42. The minimum absolute atomic E-state index is 0.174. The Morgan fingerprint density at radius 3 is 2.33 bits per heavy atom. The molecule has 0 spiro atoms. The summed E-state index contributed by atoms with van der Waals surface area (Å²) in [6.45, 7) is 8.12. The molecule has 3 rings (SSSR count). The number of amides is 1. The molecule has 0 bridgehead atoms. The highest BCUT2D eigenvalue weighted by Gasteiger charge is 2.24. The SMILES string of the molecule is COc1ccc(F)cc1C(=O)N1CCN(Cc2ccc(C(C)C)cc2)CC1. The van der Waals surface area contributed by atoms with Gasteiger partial charge in [-0.15, -0.1) is 0 Å². The van der Waals surface area contributed by atoms with E-state index in [9.17, 15) is 9.18 Å². The fraction of sp³-hybridized carbons (Fsp3) is 0.409. The van der Waals surface area contributed by atoms with Crippen LogP contribution in [0.25, 0.3) is 0 Å². The largest absolute Gasteiger partial charge is 0.496 e. The number of nitrogens with zero attached hydrogens (tertiary/aromatic N) is 2. The average Bonchev–Trinajstić information content (AvgIpc) is 2.68. The minimum atomic E-state index is -0.428. The summed E-state index contributed by atoms with van der Waals surface area (Å²) in [7, 11) is 1.49.